The number of hydrogen-bond acceptors (Lipinski definition) is 4. The summed E-state index contributed by atoms with van der Waals surface area (Å²) in [5.74, 6) is 0.224. The van der Waals surface area contributed by atoms with E-state index in [4.69, 9.17) is 10.9 Å². The van der Waals surface area contributed by atoms with Crippen molar-refractivity contribution in [1.29, 1.82) is 0 Å². The average molecular weight is 250 g/mol. The van der Waals surface area contributed by atoms with Crippen molar-refractivity contribution >= 4 is 11.7 Å². The molecule has 0 aliphatic heterocycles. The van der Waals surface area contributed by atoms with Gasteiger partial charge in [0.1, 0.15) is 5.69 Å². The largest absolute Gasteiger partial charge is 0.409 e. The van der Waals surface area contributed by atoms with Crippen molar-refractivity contribution in [1.82, 2.24) is 9.88 Å². The summed E-state index contributed by atoms with van der Waals surface area (Å²) in [6.45, 7) is 4.75. The van der Waals surface area contributed by atoms with Crippen LogP contribution in [-0.4, -0.2) is 40.4 Å². The van der Waals surface area contributed by atoms with Crippen molar-refractivity contribution in [3.8, 4) is 0 Å². The molecule has 0 radical (unpaired) electrons. The maximum atomic E-state index is 12.0. The lowest BCUT2D eigenvalue weighted by Crippen LogP contribution is -2.31. The monoisotopic (exact) mass is 250 g/mol. The second kappa shape index (κ2) is 6.00. The molecule has 0 saturated heterocycles. The second-order valence-corrected chi connectivity index (χ2v) is 4.50. The number of oxime groups is 1. The molecular formula is C12H18N4O2. The molecule has 1 heterocycles. The van der Waals surface area contributed by atoms with Crippen molar-refractivity contribution < 1.29 is 10.0 Å². The Balaban J connectivity index is 2.82. The van der Waals surface area contributed by atoms with Crippen molar-refractivity contribution in [2.75, 3.05) is 13.6 Å². The number of carbonyl (C=O) groups is 1. The van der Waals surface area contributed by atoms with Crippen LogP contribution in [0.15, 0.2) is 23.5 Å². The molecule has 3 N–H and O–H groups in total. The number of pyridine rings is 1. The highest BCUT2D eigenvalue weighted by Crippen LogP contribution is 2.05. The lowest BCUT2D eigenvalue weighted by molar-refractivity contribution is 0.0773. The highest BCUT2D eigenvalue weighted by atomic mass is 16.4. The van der Waals surface area contributed by atoms with Gasteiger partial charge in [-0.1, -0.05) is 19.0 Å². The van der Waals surface area contributed by atoms with E-state index in [2.05, 4.69) is 10.1 Å². The van der Waals surface area contributed by atoms with Gasteiger partial charge < -0.3 is 15.8 Å². The van der Waals surface area contributed by atoms with E-state index in [0.29, 0.717) is 23.7 Å². The van der Waals surface area contributed by atoms with Crippen LogP contribution >= 0.6 is 0 Å². The maximum Gasteiger partial charge on any atom is 0.272 e. The number of aromatic nitrogens is 1. The van der Waals surface area contributed by atoms with E-state index in [1.54, 1.807) is 24.1 Å². The van der Waals surface area contributed by atoms with E-state index < -0.39 is 0 Å². The van der Waals surface area contributed by atoms with Crippen molar-refractivity contribution in [2.45, 2.75) is 13.8 Å². The first-order valence-electron chi connectivity index (χ1n) is 5.65. The molecule has 0 fully saturated rings. The number of nitrogens with two attached hydrogens (primary N) is 1. The Hall–Kier alpha value is -2.11. The summed E-state index contributed by atoms with van der Waals surface area (Å²) in [5.41, 5.74) is 6.22. The fourth-order valence-electron chi connectivity index (χ4n) is 1.56. The van der Waals surface area contributed by atoms with Crippen molar-refractivity contribution in [3.05, 3.63) is 29.6 Å². The van der Waals surface area contributed by atoms with Gasteiger partial charge in [-0.15, -0.1) is 0 Å². The molecule has 0 spiro atoms. The Kier molecular flexibility index (Phi) is 4.65. The highest BCUT2D eigenvalue weighted by molar-refractivity contribution is 5.98. The fraction of sp³-hybridized carbons (Fsp3) is 0.417. The molecular weight excluding hydrogens is 232 g/mol. The quantitative estimate of drug-likeness (QED) is 0.359. The molecule has 1 amide bonds. The van der Waals surface area contributed by atoms with Gasteiger partial charge in [0.2, 0.25) is 0 Å². The minimum absolute atomic E-state index is 0.0305. The van der Waals surface area contributed by atoms with Gasteiger partial charge in [-0.3, -0.25) is 9.78 Å². The smallest absolute Gasteiger partial charge is 0.272 e. The summed E-state index contributed by atoms with van der Waals surface area (Å²) in [6.07, 6.45) is 1.41. The van der Waals surface area contributed by atoms with Gasteiger partial charge in [0.15, 0.2) is 5.84 Å². The summed E-state index contributed by atoms with van der Waals surface area (Å²) in [5, 5.41) is 11.4. The first-order chi connectivity index (χ1) is 8.45. The minimum atomic E-state index is -0.144. The standard InChI is InChI=1S/C12H18N4O2/c1-8(2)7-16(3)12(17)10-5-4-9(6-14-10)11(13)15-18/h4-6,8,18H,7H2,1-3H3,(H2,13,15). The van der Waals surface area contributed by atoms with Gasteiger partial charge >= 0.3 is 0 Å². The van der Waals surface area contributed by atoms with Crippen molar-refractivity contribution in [3.63, 3.8) is 0 Å². The first-order valence-corrected chi connectivity index (χ1v) is 5.65. The van der Waals surface area contributed by atoms with E-state index in [1.807, 2.05) is 13.8 Å². The third-order valence-electron chi connectivity index (χ3n) is 2.37. The predicted octanol–water partition coefficient (Wildman–Crippen LogP) is 0.904. The van der Waals surface area contributed by atoms with Crippen LogP contribution in [0.2, 0.25) is 0 Å². The van der Waals surface area contributed by atoms with Crippen LogP contribution in [0.25, 0.3) is 0 Å². The van der Waals surface area contributed by atoms with Crippen LogP contribution in [0.4, 0.5) is 0 Å². The van der Waals surface area contributed by atoms with Gasteiger partial charge in [-0.25, -0.2) is 0 Å². The van der Waals surface area contributed by atoms with E-state index in [-0.39, 0.29) is 11.7 Å². The maximum absolute atomic E-state index is 12.0. The van der Waals surface area contributed by atoms with E-state index in [0.717, 1.165) is 0 Å². The molecule has 0 unspecified atom stereocenters. The Morgan fingerprint density at radius 3 is 2.67 bits per heavy atom. The summed E-state index contributed by atoms with van der Waals surface area (Å²) >= 11 is 0. The topological polar surface area (TPSA) is 91.8 Å². The average Bonchev–Trinajstić information content (AvgIpc) is 2.36. The van der Waals surface area contributed by atoms with Gasteiger partial charge in [-0.05, 0) is 18.1 Å². The number of nitrogens with zero attached hydrogens (tertiary/aromatic N) is 3. The number of amides is 1. The second-order valence-electron chi connectivity index (χ2n) is 4.50. The zero-order chi connectivity index (χ0) is 13.7. The minimum Gasteiger partial charge on any atom is -0.409 e. The van der Waals surface area contributed by atoms with Crippen LogP contribution in [0, 0.1) is 5.92 Å². The lowest BCUT2D eigenvalue weighted by atomic mass is 10.2. The van der Waals surface area contributed by atoms with Crippen molar-refractivity contribution in [2.24, 2.45) is 16.8 Å². The van der Waals surface area contributed by atoms with E-state index in [1.165, 1.54) is 6.20 Å². The zero-order valence-corrected chi connectivity index (χ0v) is 10.8. The molecule has 0 atom stereocenters. The van der Waals surface area contributed by atoms with Gasteiger partial charge in [0.05, 0.1) is 0 Å². The number of hydrogen-bond donors (Lipinski definition) is 2. The molecule has 0 saturated carbocycles. The van der Waals surface area contributed by atoms with Gasteiger partial charge in [0.25, 0.3) is 5.91 Å². The predicted molar refractivity (Wildman–Crippen MR) is 68.5 cm³/mol. The number of carbonyl (C=O) groups excluding carboxylic acids is 1. The molecule has 1 aromatic heterocycles. The lowest BCUT2D eigenvalue weighted by Gasteiger charge is -2.18. The summed E-state index contributed by atoms with van der Waals surface area (Å²) in [7, 11) is 1.74. The normalized spacial score (nSPS) is 11.7. The van der Waals surface area contributed by atoms with E-state index in [9.17, 15) is 4.79 Å². The summed E-state index contributed by atoms with van der Waals surface area (Å²) < 4.78 is 0. The van der Waals surface area contributed by atoms with Gasteiger partial charge in [0, 0.05) is 25.4 Å². The molecule has 1 rings (SSSR count). The summed E-state index contributed by atoms with van der Waals surface area (Å²) in [4.78, 5) is 17.6. The Morgan fingerprint density at radius 1 is 1.56 bits per heavy atom. The Morgan fingerprint density at radius 2 is 2.22 bits per heavy atom. The van der Waals surface area contributed by atoms with E-state index >= 15 is 0 Å². The van der Waals surface area contributed by atoms with Gasteiger partial charge in [-0.2, -0.15) is 0 Å². The molecule has 0 bridgehead atoms. The van der Waals surface area contributed by atoms with Crippen LogP contribution in [0.5, 0.6) is 0 Å². The highest BCUT2D eigenvalue weighted by Gasteiger charge is 2.14. The Labute approximate surface area is 106 Å². The molecule has 6 nitrogen and oxygen atoms in total. The third-order valence-corrected chi connectivity index (χ3v) is 2.37. The molecule has 98 valence electrons. The molecule has 0 aromatic carbocycles. The molecule has 0 aliphatic rings. The first kappa shape index (κ1) is 14.0. The number of amidine groups is 1. The van der Waals surface area contributed by atoms with Crippen LogP contribution in [0.3, 0.4) is 0 Å². The molecule has 1 aromatic rings. The third kappa shape index (κ3) is 3.44. The number of rotatable bonds is 4. The molecule has 18 heavy (non-hydrogen) atoms. The Bertz CT molecular complexity index is 440. The molecule has 6 heteroatoms. The van der Waals surface area contributed by atoms with Crippen LogP contribution < -0.4 is 5.73 Å². The SMILES string of the molecule is CC(C)CN(C)C(=O)c1ccc(C(N)=NO)cn1. The van der Waals surface area contributed by atoms with Crippen LogP contribution in [-0.2, 0) is 0 Å². The molecule has 0 aliphatic carbocycles. The fourth-order valence-corrected chi connectivity index (χ4v) is 1.56. The summed E-state index contributed by atoms with van der Waals surface area (Å²) in [6, 6.07) is 3.16. The zero-order valence-electron chi connectivity index (χ0n) is 10.8. The van der Waals surface area contributed by atoms with Crippen LogP contribution in [0.1, 0.15) is 29.9 Å².